The van der Waals surface area contributed by atoms with Crippen LogP contribution in [0.1, 0.15) is 27.8 Å². The van der Waals surface area contributed by atoms with E-state index in [4.69, 9.17) is 0 Å². The van der Waals surface area contributed by atoms with Gasteiger partial charge in [-0.2, -0.15) is 0 Å². The van der Waals surface area contributed by atoms with Gasteiger partial charge in [-0.25, -0.2) is 4.98 Å². The fourth-order valence-corrected chi connectivity index (χ4v) is 3.16. The Hall–Kier alpha value is -1.15. The Bertz CT molecular complexity index is 626. The lowest BCUT2D eigenvalue weighted by atomic mass is 10.1. The molecule has 0 amide bonds. The SMILES string of the molecule is CN=C(NCc1ncc(C)s1)NC1CC1c1ccccc1.I. The fourth-order valence-electron chi connectivity index (χ4n) is 2.44. The van der Waals surface area contributed by atoms with Gasteiger partial charge in [-0.1, -0.05) is 30.3 Å². The Morgan fingerprint density at radius 1 is 1.36 bits per heavy atom. The van der Waals surface area contributed by atoms with Crippen molar-refractivity contribution in [3.8, 4) is 0 Å². The molecule has 1 aliphatic carbocycles. The van der Waals surface area contributed by atoms with Crippen LogP contribution in [-0.4, -0.2) is 24.0 Å². The van der Waals surface area contributed by atoms with Crippen LogP contribution in [0.3, 0.4) is 0 Å². The first-order chi connectivity index (χ1) is 10.3. The number of thiazole rings is 1. The number of hydrogen-bond acceptors (Lipinski definition) is 3. The van der Waals surface area contributed by atoms with E-state index in [1.54, 1.807) is 11.3 Å². The zero-order chi connectivity index (χ0) is 14.7. The summed E-state index contributed by atoms with van der Waals surface area (Å²) >= 11 is 1.72. The number of rotatable bonds is 4. The van der Waals surface area contributed by atoms with E-state index in [-0.39, 0.29) is 24.0 Å². The van der Waals surface area contributed by atoms with Crippen LogP contribution in [-0.2, 0) is 6.54 Å². The van der Waals surface area contributed by atoms with Gasteiger partial charge < -0.3 is 10.6 Å². The van der Waals surface area contributed by atoms with E-state index in [1.165, 1.54) is 16.9 Å². The summed E-state index contributed by atoms with van der Waals surface area (Å²) < 4.78 is 0. The van der Waals surface area contributed by atoms with Crippen molar-refractivity contribution in [2.24, 2.45) is 4.99 Å². The lowest BCUT2D eigenvalue weighted by Gasteiger charge is -2.10. The summed E-state index contributed by atoms with van der Waals surface area (Å²) in [4.78, 5) is 9.88. The number of halogens is 1. The lowest BCUT2D eigenvalue weighted by molar-refractivity contribution is 0.787. The van der Waals surface area contributed by atoms with Crippen LogP contribution in [0.2, 0.25) is 0 Å². The second-order valence-corrected chi connectivity index (χ2v) is 6.61. The molecule has 2 unspecified atom stereocenters. The van der Waals surface area contributed by atoms with E-state index in [9.17, 15) is 0 Å². The highest BCUT2D eigenvalue weighted by atomic mass is 127. The van der Waals surface area contributed by atoms with Crippen molar-refractivity contribution in [1.82, 2.24) is 15.6 Å². The zero-order valence-corrected chi connectivity index (χ0v) is 15.9. The molecule has 2 N–H and O–H groups in total. The van der Waals surface area contributed by atoms with Crippen molar-refractivity contribution in [2.45, 2.75) is 31.8 Å². The Labute approximate surface area is 152 Å². The number of benzene rings is 1. The number of guanidine groups is 1. The maximum atomic E-state index is 4.35. The number of aromatic nitrogens is 1. The van der Waals surface area contributed by atoms with Crippen LogP contribution in [0.25, 0.3) is 0 Å². The molecular weight excluding hydrogens is 407 g/mol. The number of nitrogens with zero attached hydrogens (tertiary/aromatic N) is 2. The first kappa shape index (κ1) is 17.2. The summed E-state index contributed by atoms with van der Waals surface area (Å²) in [5.74, 6) is 1.46. The maximum absolute atomic E-state index is 4.35. The molecule has 1 saturated carbocycles. The highest BCUT2D eigenvalue weighted by Crippen LogP contribution is 2.40. The highest BCUT2D eigenvalue weighted by molar-refractivity contribution is 14.0. The normalized spacial score (nSPS) is 20.2. The molecule has 22 heavy (non-hydrogen) atoms. The standard InChI is InChI=1S/C16H20N4S.HI/c1-11-9-18-15(21-11)10-19-16(17-2)20-14-8-13(14)12-6-4-3-5-7-12;/h3-7,9,13-14H,8,10H2,1-2H3,(H2,17,19,20);1H. The van der Waals surface area contributed by atoms with Gasteiger partial charge in [0.15, 0.2) is 5.96 Å². The first-order valence-corrected chi connectivity index (χ1v) is 8.01. The topological polar surface area (TPSA) is 49.3 Å². The van der Waals surface area contributed by atoms with Gasteiger partial charge in [0.2, 0.25) is 0 Å². The smallest absolute Gasteiger partial charge is 0.191 e. The molecule has 1 fully saturated rings. The molecule has 1 aromatic carbocycles. The molecule has 1 heterocycles. The molecule has 0 aliphatic heterocycles. The average molecular weight is 428 g/mol. The Morgan fingerprint density at radius 2 is 2.14 bits per heavy atom. The van der Waals surface area contributed by atoms with Crippen LogP contribution in [0.15, 0.2) is 41.5 Å². The van der Waals surface area contributed by atoms with Crippen molar-refractivity contribution >= 4 is 41.3 Å². The van der Waals surface area contributed by atoms with E-state index >= 15 is 0 Å². The van der Waals surface area contributed by atoms with Crippen molar-refractivity contribution < 1.29 is 0 Å². The molecule has 118 valence electrons. The van der Waals surface area contributed by atoms with Crippen LogP contribution < -0.4 is 10.6 Å². The molecule has 6 heteroatoms. The Balaban J connectivity index is 0.00000176. The van der Waals surface area contributed by atoms with E-state index in [1.807, 2.05) is 13.2 Å². The number of aryl methyl sites for hydroxylation is 1. The lowest BCUT2D eigenvalue weighted by Crippen LogP contribution is -2.38. The van der Waals surface area contributed by atoms with Gasteiger partial charge in [-0.15, -0.1) is 35.3 Å². The summed E-state index contributed by atoms with van der Waals surface area (Å²) in [6.07, 6.45) is 3.07. The van der Waals surface area contributed by atoms with E-state index in [0.29, 0.717) is 12.0 Å². The largest absolute Gasteiger partial charge is 0.353 e. The predicted octanol–water partition coefficient (Wildman–Crippen LogP) is 3.29. The van der Waals surface area contributed by atoms with Crippen molar-refractivity contribution in [1.29, 1.82) is 0 Å². The maximum Gasteiger partial charge on any atom is 0.191 e. The van der Waals surface area contributed by atoms with E-state index in [2.05, 4.69) is 57.9 Å². The monoisotopic (exact) mass is 428 g/mol. The number of nitrogens with one attached hydrogen (secondary N) is 2. The minimum Gasteiger partial charge on any atom is -0.353 e. The van der Waals surface area contributed by atoms with Gasteiger partial charge in [0.25, 0.3) is 0 Å². The molecule has 1 aromatic heterocycles. The molecule has 3 rings (SSSR count). The third-order valence-electron chi connectivity index (χ3n) is 3.64. The molecule has 0 saturated heterocycles. The molecule has 0 bridgehead atoms. The van der Waals surface area contributed by atoms with Crippen molar-refractivity contribution in [3.05, 3.63) is 52.0 Å². The summed E-state index contributed by atoms with van der Waals surface area (Å²) in [6, 6.07) is 11.1. The van der Waals surface area contributed by atoms with Gasteiger partial charge in [-0.3, -0.25) is 4.99 Å². The minimum absolute atomic E-state index is 0. The van der Waals surface area contributed by atoms with Crippen molar-refractivity contribution in [3.63, 3.8) is 0 Å². The van der Waals surface area contributed by atoms with Crippen LogP contribution >= 0.6 is 35.3 Å². The summed E-state index contributed by atoms with van der Waals surface area (Å²) in [7, 11) is 1.81. The summed E-state index contributed by atoms with van der Waals surface area (Å²) in [5, 5.41) is 7.90. The van der Waals surface area contributed by atoms with Gasteiger partial charge in [0.1, 0.15) is 5.01 Å². The second kappa shape index (κ2) is 7.92. The van der Waals surface area contributed by atoms with Crippen LogP contribution in [0, 0.1) is 6.92 Å². The van der Waals surface area contributed by atoms with Gasteiger partial charge >= 0.3 is 0 Å². The minimum atomic E-state index is 0. The molecule has 4 nitrogen and oxygen atoms in total. The molecule has 2 aromatic rings. The predicted molar refractivity (Wildman–Crippen MR) is 103 cm³/mol. The third-order valence-corrected chi connectivity index (χ3v) is 4.55. The van der Waals surface area contributed by atoms with Crippen LogP contribution in [0.5, 0.6) is 0 Å². The van der Waals surface area contributed by atoms with Gasteiger partial charge in [0.05, 0.1) is 6.54 Å². The Kier molecular flexibility index (Phi) is 6.19. The number of aliphatic imine (C=N–C) groups is 1. The third kappa shape index (κ3) is 4.42. The van der Waals surface area contributed by atoms with Gasteiger partial charge in [-0.05, 0) is 18.9 Å². The number of hydrogen-bond donors (Lipinski definition) is 2. The molecule has 0 radical (unpaired) electrons. The van der Waals surface area contributed by atoms with Crippen molar-refractivity contribution in [2.75, 3.05) is 7.05 Å². The average Bonchev–Trinajstić information content (AvgIpc) is 3.17. The quantitative estimate of drug-likeness (QED) is 0.447. The second-order valence-electron chi connectivity index (χ2n) is 5.29. The van der Waals surface area contributed by atoms with Gasteiger partial charge in [0, 0.05) is 30.1 Å². The molecular formula is C16H21IN4S. The fraction of sp³-hybridized carbons (Fsp3) is 0.375. The van der Waals surface area contributed by atoms with E-state index < -0.39 is 0 Å². The first-order valence-electron chi connectivity index (χ1n) is 7.19. The summed E-state index contributed by atoms with van der Waals surface area (Å²) in [6.45, 7) is 2.80. The molecule has 2 atom stereocenters. The van der Waals surface area contributed by atoms with E-state index in [0.717, 1.165) is 17.5 Å². The van der Waals surface area contributed by atoms with Crippen LogP contribution in [0.4, 0.5) is 0 Å². The summed E-state index contributed by atoms with van der Waals surface area (Å²) in [5.41, 5.74) is 1.40. The Morgan fingerprint density at radius 3 is 2.77 bits per heavy atom. The molecule has 0 spiro atoms. The molecule has 1 aliphatic rings. The highest BCUT2D eigenvalue weighted by Gasteiger charge is 2.38. The zero-order valence-electron chi connectivity index (χ0n) is 12.7.